The van der Waals surface area contributed by atoms with Crippen LogP contribution in [0.5, 0.6) is 0 Å². The number of benzene rings is 1. The minimum absolute atomic E-state index is 0.119. The molecule has 0 fully saturated rings. The summed E-state index contributed by atoms with van der Waals surface area (Å²) >= 11 is 0. The second-order valence-corrected chi connectivity index (χ2v) is 4.49. The molecule has 1 atom stereocenters. The zero-order valence-electron chi connectivity index (χ0n) is 11.4. The summed E-state index contributed by atoms with van der Waals surface area (Å²) in [6.45, 7) is 3.85. The first-order chi connectivity index (χ1) is 9.02. The molecule has 1 unspecified atom stereocenters. The Hall–Kier alpha value is -1.88. The van der Waals surface area contributed by atoms with Crippen molar-refractivity contribution in [2.24, 2.45) is 5.73 Å². The maximum atomic E-state index is 11.7. The van der Waals surface area contributed by atoms with Gasteiger partial charge in [-0.3, -0.25) is 9.59 Å². The summed E-state index contributed by atoms with van der Waals surface area (Å²) in [5.41, 5.74) is 7.36. The van der Waals surface area contributed by atoms with Crippen molar-refractivity contribution in [1.82, 2.24) is 5.32 Å². The van der Waals surface area contributed by atoms with Gasteiger partial charge >= 0.3 is 0 Å². The first-order valence-electron chi connectivity index (χ1n) is 6.42. The molecule has 0 bridgehead atoms. The molecular weight excluding hydrogens is 242 g/mol. The lowest BCUT2D eigenvalue weighted by Crippen LogP contribution is -2.40. The number of hydrogen-bond acceptors (Lipinski definition) is 3. The van der Waals surface area contributed by atoms with E-state index in [1.165, 1.54) is 6.92 Å². The van der Waals surface area contributed by atoms with Crippen LogP contribution in [-0.4, -0.2) is 17.9 Å². The number of rotatable bonds is 6. The van der Waals surface area contributed by atoms with Crippen molar-refractivity contribution >= 4 is 17.5 Å². The number of nitrogens with one attached hydrogen (secondary N) is 2. The van der Waals surface area contributed by atoms with Crippen LogP contribution >= 0.6 is 0 Å². The van der Waals surface area contributed by atoms with Gasteiger partial charge < -0.3 is 16.4 Å². The van der Waals surface area contributed by atoms with E-state index < -0.39 is 6.04 Å². The van der Waals surface area contributed by atoms with Gasteiger partial charge in [-0.1, -0.05) is 25.5 Å². The minimum atomic E-state index is -0.455. The highest BCUT2D eigenvalue weighted by Crippen LogP contribution is 2.10. The lowest BCUT2D eigenvalue weighted by Gasteiger charge is -2.11. The molecule has 2 amide bonds. The van der Waals surface area contributed by atoms with Crippen LogP contribution in [0.1, 0.15) is 32.3 Å². The van der Waals surface area contributed by atoms with Crippen LogP contribution in [0.2, 0.25) is 0 Å². The van der Waals surface area contributed by atoms with Crippen LogP contribution in [0.15, 0.2) is 24.3 Å². The fraction of sp³-hybridized carbons (Fsp3) is 0.429. The molecule has 1 rings (SSSR count). The molecule has 0 aliphatic carbocycles. The summed E-state index contributed by atoms with van der Waals surface area (Å²) in [7, 11) is 0. The van der Waals surface area contributed by atoms with E-state index >= 15 is 0 Å². The third-order valence-corrected chi connectivity index (χ3v) is 2.65. The molecule has 0 aliphatic rings. The van der Waals surface area contributed by atoms with E-state index in [2.05, 4.69) is 10.6 Å². The van der Waals surface area contributed by atoms with Crippen LogP contribution in [0.3, 0.4) is 0 Å². The van der Waals surface area contributed by atoms with Gasteiger partial charge in [-0.05, 0) is 24.1 Å². The van der Waals surface area contributed by atoms with E-state index in [0.29, 0.717) is 13.0 Å². The summed E-state index contributed by atoms with van der Waals surface area (Å²) in [6.07, 6.45) is 1.56. The summed E-state index contributed by atoms with van der Waals surface area (Å²) in [6, 6.07) is 6.89. The molecule has 5 heteroatoms. The molecule has 4 N–H and O–H groups in total. The van der Waals surface area contributed by atoms with Gasteiger partial charge in [0.25, 0.3) is 0 Å². The fourth-order valence-electron chi connectivity index (χ4n) is 1.72. The van der Waals surface area contributed by atoms with Gasteiger partial charge in [0, 0.05) is 19.2 Å². The summed E-state index contributed by atoms with van der Waals surface area (Å²) in [5.74, 6) is -0.266. The molecule has 104 valence electrons. The highest BCUT2D eigenvalue weighted by atomic mass is 16.2. The highest BCUT2D eigenvalue weighted by Gasteiger charge is 2.11. The number of nitrogens with two attached hydrogens (primary N) is 1. The first kappa shape index (κ1) is 15.2. The van der Waals surface area contributed by atoms with E-state index in [0.717, 1.165) is 17.7 Å². The Bertz CT molecular complexity index is 446. The van der Waals surface area contributed by atoms with E-state index in [1.807, 2.05) is 25.1 Å². The molecule has 0 spiro atoms. The number of hydrogen-bond donors (Lipinski definition) is 3. The molecule has 0 radical (unpaired) electrons. The van der Waals surface area contributed by atoms with E-state index in [4.69, 9.17) is 5.73 Å². The summed E-state index contributed by atoms with van der Waals surface area (Å²) in [5, 5.41) is 5.49. The topological polar surface area (TPSA) is 84.2 Å². The van der Waals surface area contributed by atoms with Crippen LogP contribution in [0.25, 0.3) is 0 Å². The Morgan fingerprint density at radius 2 is 2.11 bits per heavy atom. The largest absolute Gasteiger partial charge is 0.351 e. The van der Waals surface area contributed by atoms with Crippen LogP contribution in [-0.2, 0) is 16.1 Å². The van der Waals surface area contributed by atoms with Gasteiger partial charge in [-0.15, -0.1) is 0 Å². The monoisotopic (exact) mass is 263 g/mol. The molecule has 1 aromatic carbocycles. The van der Waals surface area contributed by atoms with Gasteiger partial charge in [0.05, 0.1) is 6.04 Å². The Labute approximate surface area is 113 Å². The summed E-state index contributed by atoms with van der Waals surface area (Å²) < 4.78 is 0. The second-order valence-electron chi connectivity index (χ2n) is 4.49. The maximum Gasteiger partial charge on any atom is 0.237 e. The Morgan fingerprint density at radius 1 is 1.37 bits per heavy atom. The van der Waals surface area contributed by atoms with Gasteiger partial charge in [0.2, 0.25) is 11.8 Å². The van der Waals surface area contributed by atoms with Crippen molar-refractivity contribution in [3.63, 3.8) is 0 Å². The lowest BCUT2D eigenvalue weighted by atomic mass is 10.1. The molecule has 5 nitrogen and oxygen atoms in total. The summed E-state index contributed by atoms with van der Waals surface area (Å²) in [4.78, 5) is 22.6. The molecule has 0 aliphatic heterocycles. The second kappa shape index (κ2) is 7.53. The predicted octanol–water partition coefficient (Wildman–Crippen LogP) is 1.39. The van der Waals surface area contributed by atoms with Crippen molar-refractivity contribution < 1.29 is 9.59 Å². The fourth-order valence-corrected chi connectivity index (χ4v) is 1.72. The quantitative estimate of drug-likeness (QED) is 0.725. The first-order valence-corrected chi connectivity index (χ1v) is 6.42. The van der Waals surface area contributed by atoms with E-state index in [1.54, 1.807) is 6.07 Å². The molecule has 1 aromatic rings. The smallest absolute Gasteiger partial charge is 0.237 e. The third-order valence-electron chi connectivity index (χ3n) is 2.65. The van der Waals surface area contributed by atoms with Crippen molar-refractivity contribution in [1.29, 1.82) is 0 Å². The zero-order chi connectivity index (χ0) is 14.3. The Kier molecular flexibility index (Phi) is 6.02. The van der Waals surface area contributed by atoms with E-state index in [9.17, 15) is 9.59 Å². The van der Waals surface area contributed by atoms with Gasteiger partial charge in [-0.25, -0.2) is 0 Å². The number of carbonyl (C=O) groups excluding carboxylic acids is 2. The van der Waals surface area contributed by atoms with E-state index in [-0.39, 0.29) is 11.8 Å². The molecule has 0 saturated carbocycles. The molecule has 19 heavy (non-hydrogen) atoms. The van der Waals surface area contributed by atoms with Crippen molar-refractivity contribution in [2.75, 3.05) is 5.32 Å². The third kappa shape index (κ3) is 5.52. The van der Waals surface area contributed by atoms with Crippen LogP contribution in [0, 0.1) is 0 Å². The van der Waals surface area contributed by atoms with Crippen molar-refractivity contribution in [3.8, 4) is 0 Å². The zero-order valence-corrected chi connectivity index (χ0v) is 11.4. The standard InChI is InChI=1S/C14H21N3O2/c1-3-5-13(15)14(19)16-9-11-6-4-7-12(8-11)17-10(2)18/h4,6-8,13H,3,5,9,15H2,1-2H3,(H,16,19)(H,17,18). The SMILES string of the molecule is CCCC(N)C(=O)NCc1cccc(NC(C)=O)c1. The number of anilines is 1. The van der Waals surface area contributed by atoms with Gasteiger partial charge in [-0.2, -0.15) is 0 Å². The van der Waals surface area contributed by atoms with Gasteiger partial charge in [0.1, 0.15) is 0 Å². The molecular formula is C14H21N3O2. The number of carbonyl (C=O) groups is 2. The molecule has 0 heterocycles. The average Bonchev–Trinajstić information content (AvgIpc) is 2.36. The Balaban J connectivity index is 2.53. The molecule has 0 saturated heterocycles. The average molecular weight is 263 g/mol. The Morgan fingerprint density at radius 3 is 2.74 bits per heavy atom. The molecule has 0 aromatic heterocycles. The van der Waals surface area contributed by atoms with Gasteiger partial charge in [0.15, 0.2) is 0 Å². The van der Waals surface area contributed by atoms with Crippen LogP contribution < -0.4 is 16.4 Å². The normalized spacial score (nSPS) is 11.7. The van der Waals surface area contributed by atoms with Crippen LogP contribution in [0.4, 0.5) is 5.69 Å². The predicted molar refractivity (Wildman–Crippen MR) is 75.5 cm³/mol. The minimum Gasteiger partial charge on any atom is -0.351 e. The highest BCUT2D eigenvalue weighted by molar-refractivity contribution is 5.88. The number of amides is 2. The maximum absolute atomic E-state index is 11.7. The van der Waals surface area contributed by atoms with Crippen molar-refractivity contribution in [3.05, 3.63) is 29.8 Å². The van der Waals surface area contributed by atoms with Crippen molar-refractivity contribution in [2.45, 2.75) is 39.3 Å². The lowest BCUT2D eigenvalue weighted by molar-refractivity contribution is -0.122.